The Morgan fingerprint density at radius 2 is 1.82 bits per heavy atom. The van der Waals surface area contributed by atoms with E-state index in [2.05, 4.69) is 11.6 Å². The third kappa shape index (κ3) is 5.90. The SMILES string of the molecule is [B]C([B])([B])OCC1CSc2c(-c3ccc(F)cc3F)c(C(F)(F)F)cc3c(N4CC(C)N(C(=O)C=C)C(C)C4)nc(=O)n1c23. The quantitative estimate of drug-likeness (QED) is 0.237. The minimum Gasteiger partial charge on any atom is -0.401 e. The van der Waals surface area contributed by atoms with Gasteiger partial charge in [0, 0.05) is 58.4 Å². The number of carbonyl (C=O) groups excluding carboxylic acids is 1. The Kier molecular flexibility index (Phi) is 8.47. The van der Waals surface area contributed by atoms with Crippen LogP contribution in [0.25, 0.3) is 22.0 Å². The number of carbonyl (C=O) groups is 1. The second kappa shape index (κ2) is 11.6. The standard InChI is InChI=1S/C28H24B3F5N4O3S/c1-4-21(41)39-13(2)9-38(10-14(39)3)25-18-8-19(27(34,35)36)22(17-6-5-15(32)7-20(17)33)24-23(18)40(26(42)37-25)16(12-44-24)11-43-28(29,30)31/h4-8,13-14,16H,1,9-12H2,2-3H3. The predicted octanol–water partition coefficient (Wildman–Crippen LogP) is 3.75. The molecule has 0 bridgehead atoms. The Labute approximate surface area is 258 Å². The van der Waals surface area contributed by atoms with E-state index in [0.29, 0.717) is 6.07 Å². The van der Waals surface area contributed by atoms with Gasteiger partial charge < -0.3 is 14.5 Å². The predicted molar refractivity (Wildman–Crippen MR) is 160 cm³/mol. The monoisotopic (exact) mass is 624 g/mol. The van der Waals surface area contributed by atoms with Crippen molar-refractivity contribution in [2.24, 2.45) is 0 Å². The summed E-state index contributed by atoms with van der Waals surface area (Å²) in [5, 5.41) is -2.09. The van der Waals surface area contributed by atoms with E-state index < -0.39 is 63.6 Å². The molecule has 5 rings (SSSR count). The topological polar surface area (TPSA) is 67.7 Å². The van der Waals surface area contributed by atoms with Crippen LogP contribution in [-0.4, -0.2) is 86.7 Å². The molecule has 2 aromatic carbocycles. The second-order valence-electron chi connectivity index (χ2n) is 10.9. The highest BCUT2D eigenvalue weighted by molar-refractivity contribution is 7.99. The van der Waals surface area contributed by atoms with Gasteiger partial charge in [-0.15, -0.1) is 11.8 Å². The molecule has 1 aromatic heterocycles. The third-order valence-corrected chi connectivity index (χ3v) is 8.85. The van der Waals surface area contributed by atoms with E-state index in [1.54, 1.807) is 23.6 Å². The van der Waals surface area contributed by atoms with Gasteiger partial charge in [-0.1, -0.05) is 6.58 Å². The molecular weight excluding hydrogens is 600 g/mol. The van der Waals surface area contributed by atoms with E-state index in [9.17, 15) is 27.2 Å². The van der Waals surface area contributed by atoms with Gasteiger partial charge in [0.15, 0.2) is 0 Å². The first-order valence-electron chi connectivity index (χ1n) is 13.5. The zero-order chi connectivity index (χ0) is 32.3. The fourth-order valence-electron chi connectivity index (χ4n) is 5.91. The number of thioether (sulfide) groups is 1. The number of nitrogens with zero attached hydrogens (tertiary/aromatic N) is 4. The average Bonchev–Trinajstić information content (AvgIpc) is 2.92. The van der Waals surface area contributed by atoms with Crippen LogP contribution < -0.4 is 10.6 Å². The lowest BCUT2D eigenvalue weighted by Gasteiger charge is -2.45. The van der Waals surface area contributed by atoms with Gasteiger partial charge in [-0.2, -0.15) is 18.2 Å². The average molecular weight is 624 g/mol. The van der Waals surface area contributed by atoms with E-state index >= 15 is 4.39 Å². The Hall–Kier alpha value is -3.26. The van der Waals surface area contributed by atoms with Crippen molar-refractivity contribution in [2.75, 3.05) is 30.3 Å². The molecule has 1 saturated heterocycles. The molecule has 0 spiro atoms. The molecule has 2 aliphatic heterocycles. The van der Waals surface area contributed by atoms with Crippen molar-refractivity contribution in [3.63, 3.8) is 0 Å². The van der Waals surface area contributed by atoms with Crippen molar-refractivity contribution in [1.29, 1.82) is 0 Å². The van der Waals surface area contributed by atoms with E-state index in [4.69, 9.17) is 28.3 Å². The number of halogens is 5. The lowest BCUT2D eigenvalue weighted by Crippen LogP contribution is -2.58. The van der Waals surface area contributed by atoms with Gasteiger partial charge in [-0.25, -0.2) is 13.6 Å². The number of alkyl halides is 3. The van der Waals surface area contributed by atoms with Crippen LogP contribution in [0.15, 0.2) is 46.6 Å². The number of hydrogen-bond acceptors (Lipinski definition) is 6. The number of rotatable bonds is 6. The summed E-state index contributed by atoms with van der Waals surface area (Å²) in [7, 11) is 16.7. The maximum atomic E-state index is 15.1. The highest BCUT2D eigenvalue weighted by atomic mass is 32.2. The Balaban J connectivity index is 1.81. The molecule has 3 unspecified atom stereocenters. The first kappa shape index (κ1) is 32.1. The van der Waals surface area contributed by atoms with Crippen molar-refractivity contribution >= 4 is 57.9 Å². The molecule has 1 fully saturated rings. The first-order chi connectivity index (χ1) is 20.5. The fraction of sp³-hybridized carbons (Fsp3) is 0.393. The van der Waals surface area contributed by atoms with Gasteiger partial charge in [0.2, 0.25) is 5.91 Å². The van der Waals surface area contributed by atoms with Crippen LogP contribution in [0, 0.1) is 11.6 Å². The molecule has 3 aromatic rings. The summed E-state index contributed by atoms with van der Waals surface area (Å²) >= 11 is 0.944. The molecule has 7 nitrogen and oxygen atoms in total. The van der Waals surface area contributed by atoms with Crippen LogP contribution in [0.5, 0.6) is 0 Å². The van der Waals surface area contributed by atoms with Crippen LogP contribution >= 0.6 is 11.8 Å². The van der Waals surface area contributed by atoms with E-state index in [1.165, 1.54) is 10.6 Å². The number of aromatic nitrogens is 2. The van der Waals surface area contributed by atoms with Crippen molar-refractivity contribution < 1.29 is 31.5 Å². The number of hydrogen-bond donors (Lipinski definition) is 0. The van der Waals surface area contributed by atoms with E-state index in [0.717, 1.165) is 30.0 Å². The van der Waals surface area contributed by atoms with Crippen molar-refractivity contribution in [1.82, 2.24) is 14.5 Å². The molecule has 44 heavy (non-hydrogen) atoms. The summed E-state index contributed by atoms with van der Waals surface area (Å²) in [5.41, 5.74) is -2.97. The van der Waals surface area contributed by atoms with Crippen LogP contribution in [-0.2, 0) is 15.7 Å². The third-order valence-electron chi connectivity index (χ3n) is 7.61. The molecule has 2 aliphatic rings. The summed E-state index contributed by atoms with van der Waals surface area (Å²) in [6.07, 6.45) is -3.80. The van der Waals surface area contributed by atoms with E-state index in [1.807, 2.05) is 0 Å². The molecule has 16 heteroatoms. The molecule has 224 valence electrons. The number of anilines is 1. The summed E-state index contributed by atoms with van der Waals surface area (Å²) in [5.74, 6) is -2.52. The van der Waals surface area contributed by atoms with Crippen LogP contribution in [0.3, 0.4) is 0 Å². The smallest absolute Gasteiger partial charge is 0.401 e. The first-order valence-corrected chi connectivity index (χ1v) is 14.5. The normalized spacial score (nSPS) is 20.7. The van der Waals surface area contributed by atoms with E-state index in [-0.39, 0.29) is 53.0 Å². The van der Waals surface area contributed by atoms with Crippen LogP contribution in [0.4, 0.5) is 27.8 Å². The fourth-order valence-corrected chi connectivity index (χ4v) is 7.23. The molecule has 3 heterocycles. The lowest BCUT2D eigenvalue weighted by molar-refractivity contribution is -0.137. The summed E-state index contributed by atoms with van der Waals surface area (Å²) < 4.78 is 79.7. The zero-order valence-corrected chi connectivity index (χ0v) is 24.5. The number of benzene rings is 2. The number of amides is 1. The summed E-state index contributed by atoms with van der Waals surface area (Å²) in [6.45, 7) is 7.07. The maximum absolute atomic E-state index is 15.1. The molecule has 0 N–H and O–H groups in total. The molecule has 0 aliphatic carbocycles. The molecule has 0 saturated carbocycles. The minimum absolute atomic E-state index is 0.00730. The van der Waals surface area contributed by atoms with Crippen molar-refractivity contribution in [3.05, 3.63) is 64.6 Å². The number of ether oxygens (including phenoxy) is 1. The summed E-state index contributed by atoms with van der Waals surface area (Å²) in [4.78, 5) is 33.6. The Morgan fingerprint density at radius 3 is 2.39 bits per heavy atom. The lowest BCUT2D eigenvalue weighted by atomic mass is 9.52. The largest absolute Gasteiger partial charge is 0.417 e. The maximum Gasteiger partial charge on any atom is 0.417 e. The van der Waals surface area contributed by atoms with Crippen LogP contribution in [0.1, 0.15) is 25.5 Å². The zero-order valence-electron chi connectivity index (χ0n) is 23.7. The van der Waals surface area contributed by atoms with Gasteiger partial charge in [0.05, 0.1) is 47.3 Å². The molecule has 1 amide bonds. The van der Waals surface area contributed by atoms with Crippen LogP contribution in [0.2, 0.25) is 0 Å². The number of piperazine rings is 1. The Bertz CT molecular complexity index is 1700. The Morgan fingerprint density at radius 1 is 1.16 bits per heavy atom. The minimum atomic E-state index is -4.98. The molecular formula is C28H24B3F5N4O3S. The molecule has 3 atom stereocenters. The second-order valence-corrected chi connectivity index (χ2v) is 11.9. The summed E-state index contributed by atoms with van der Waals surface area (Å²) in [6, 6.07) is 1.48. The highest BCUT2D eigenvalue weighted by Crippen LogP contribution is 2.50. The van der Waals surface area contributed by atoms with Crippen molar-refractivity contribution in [3.8, 4) is 11.1 Å². The van der Waals surface area contributed by atoms with Gasteiger partial charge in [-0.05, 0) is 43.4 Å². The van der Waals surface area contributed by atoms with Gasteiger partial charge in [-0.3, -0.25) is 9.36 Å². The van der Waals surface area contributed by atoms with Gasteiger partial charge in [0.1, 0.15) is 17.5 Å². The van der Waals surface area contributed by atoms with Gasteiger partial charge >= 0.3 is 11.9 Å². The highest BCUT2D eigenvalue weighted by Gasteiger charge is 2.41. The van der Waals surface area contributed by atoms with Crippen molar-refractivity contribution in [2.45, 2.75) is 48.3 Å². The molecule has 6 radical (unpaired) electrons. The van der Waals surface area contributed by atoms with Gasteiger partial charge in [0.25, 0.3) is 0 Å².